The Labute approximate surface area is 125 Å². The largest absolute Gasteiger partial charge is 0.372 e. The summed E-state index contributed by atoms with van der Waals surface area (Å²) in [4.78, 5) is 2.54. The maximum atomic E-state index is 3.37. The predicted octanol–water partition coefficient (Wildman–Crippen LogP) is 4.76. The van der Waals surface area contributed by atoms with E-state index in [-0.39, 0.29) is 0 Å². The summed E-state index contributed by atoms with van der Waals surface area (Å²) in [6.07, 6.45) is 6.21. The maximum absolute atomic E-state index is 3.37. The minimum atomic E-state index is 0.476. The van der Waals surface area contributed by atoms with Crippen LogP contribution < -0.4 is 10.2 Å². The van der Waals surface area contributed by atoms with E-state index in [0.29, 0.717) is 6.04 Å². The fraction of sp³-hybridized carbons (Fsp3) is 0.667. The Hall–Kier alpha value is -1.02. The minimum absolute atomic E-state index is 0.476. The van der Waals surface area contributed by atoms with Crippen LogP contribution in [0.1, 0.15) is 64.5 Å². The van der Waals surface area contributed by atoms with E-state index in [9.17, 15) is 0 Å². The van der Waals surface area contributed by atoms with Crippen LogP contribution in [0.3, 0.4) is 0 Å². The van der Waals surface area contributed by atoms with Crippen molar-refractivity contribution in [1.82, 2.24) is 5.32 Å². The minimum Gasteiger partial charge on any atom is -0.372 e. The number of anilines is 1. The van der Waals surface area contributed by atoms with Crippen molar-refractivity contribution in [3.8, 4) is 0 Å². The lowest BCUT2D eigenvalue weighted by Gasteiger charge is -2.25. The Bertz CT molecular complexity index is 333. The van der Waals surface area contributed by atoms with Gasteiger partial charge >= 0.3 is 0 Å². The van der Waals surface area contributed by atoms with E-state index in [0.717, 1.165) is 6.42 Å². The summed E-state index contributed by atoms with van der Waals surface area (Å²) >= 11 is 0. The van der Waals surface area contributed by atoms with E-state index in [1.807, 2.05) is 7.05 Å². The van der Waals surface area contributed by atoms with Crippen molar-refractivity contribution in [2.75, 3.05) is 25.0 Å². The molecule has 1 N–H and O–H groups in total. The van der Waals surface area contributed by atoms with E-state index in [4.69, 9.17) is 0 Å². The Balaban J connectivity index is 2.75. The molecule has 1 aromatic rings. The zero-order chi connectivity index (χ0) is 14.8. The lowest BCUT2D eigenvalue weighted by molar-refractivity contribution is 0.577. The van der Waals surface area contributed by atoms with Gasteiger partial charge in [-0.15, -0.1) is 0 Å². The Kier molecular flexibility index (Phi) is 8.36. The first-order valence-corrected chi connectivity index (χ1v) is 8.28. The van der Waals surface area contributed by atoms with Gasteiger partial charge in [-0.1, -0.05) is 45.7 Å². The molecule has 0 amide bonds. The summed E-state index contributed by atoms with van der Waals surface area (Å²) in [7, 11) is 2.04. The summed E-state index contributed by atoms with van der Waals surface area (Å²) in [6, 6.07) is 9.63. The van der Waals surface area contributed by atoms with Gasteiger partial charge in [0.05, 0.1) is 0 Å². The van der Waals surface area contributed by atoms with Gasteiger partial charge in [-0.25, -0.2) is 0 Å². The lowest BCUT2D eigenvalue weighted by atomic mass is 10.0. The first kappa shape index (κ1) is 17.0. The number of benzene rings is 1. The van der Waals surface area contributed by atoms with E-state index in [1.165, 1.54) is 50.0 Å². The molecule has 0 spiro atoms. The van der Waals surface area contributed by atoms with Gasteiger partial charge in [0, 0.05) is 24.8 Å². The molecule has 2 nitrogen and oxygen atoms in total. The smallest absolute Gasteiger partial charge is 0.0366 e. The molecular formula is C18H32N2. The molecule has 0 saturated carbocycles. The van der Waals surface area contributed by atoms with Gasteiger partial charge in [-0.2, -0.15) is 0 Å². The molecular weight excluding hydrogens is 244 g/mol. The lowest BCUT2D eigenvalue weighted by Crippen LogP contribution is -2.25. The van der Waals surface area contributed by atoms with Crippen LogP contribution in [0.4, 0.5) is 5.69 Å². The van der Waals surface area contributed by atoms with Gasteiger partial charge in [0.1, 0.15) is 0 Å². The third kappa shape index (κ3) is 5.16. The average Bonchev–Trinajstić information content (AvgIpc) is 2.50. The second-order valence-corrected chi connectivity index (χ2v) is 5.54. The molecule has 114 valence electrons. The zero-order valence-corrected chi connectivity index (χ0v) is 13.8. The molecule has 0 aliphatic rings. The highest BCUT2D eigenvalue weighted by Gasteiger charge is 2.09. The van der Waals surface area contributed by atoms with Crippen molar-refractivity contribution in [2.45, 2.75) is 58.9 Å². The van der Waals surface area contributed by atoms with Crippen molar-refractivity contribution >= 4 is 5.69 Å². The molecule has 0 radical (unpaired) electrons. The summed E-state index contributed by atoms with van der Waals surface area (Å²) in [5.74, 6) is 0. The Morgan fingerprint density at radius 3 is 1.90 bits per heavy atom. The first-order valence-electron chi connectivity index (χ1n) is 8.28. The zero-order valence-electron chi connectivity index (χ0n) is 13.8. The quantitative estimate of drug-likeness (QED) is 0.662. The van der Waals surface area contributed by atoms with Gasteiger partial charge in [0.2, 0.25) is 0 Å². The highest BCUT2D eigenvalue weighted by molar-refractivity contribution is 5.48. The van der Waals surface area contributed by atoms with Crippen LogP contribution in [-0.2, 0) is 0 Å². The highest BCUT2D eigenvalue weighted by Crippen LogP contribution is 2.21. The topological polar surface area (TPSA) is 15.3 Å². The van der Waals surface area contributed by atoms with Gasteiger partial charge in [0.15, 0.2) is 0 Å². The van der Waals surface area contributed by atoms with Crippen molar-refractivity contribution in [3.05, 3.63) is 29.8 Å². The second kappa shape index (κ2) is 9.82. The van der Waals surface area contributed by atoms with E-state index < -0.39 is 0 Å². The fourth-order valence-corrected chi connectivity index (χ4v) is 2.59. The van der Waals surface area contributed by atoms with Gasteiger partial charge < -0.3 is 10.2 Å². The van der Waals surface area contributed by atoms with Crippen LogP contribution in [0.5, 0.6) is 0 Å². The summed E-state index contributed by atoms with van der Waals surface area (Å²) < 4.78 is 0. The summed E-state index contributed by atoms with van der Waals surface area (Å²) in [6.45, 7) is 9.11. The molecule has 0 fully saturated rings. The number of nitrogens with one attached hydrogen (secondary N) is 1. The number of rotatable bonds is 10. The van der Waals surface area contributed by atoms with E-state index in [2.05, 4.69) is 55.3 Å². The maximum Gasteiger partial charge on any atom is 0.0366 e. The molecule has 1 aromatic carbocycles. The van der Waals surface area contributed by atoms with Gasteiger partial charge in [0.25, 0.3) is 0 Å². The summed E-state index contributed by atoms with van der Waals surface area (Å²) in [5, 5.41) is 3.37. The third-order valence-electron chi connectivity index (χ3n) is 3.98. The molecule has 0 aromatic heterocycles. The van der Waals surface area contributed by atoms with Crippen molar-refractivity contribution in [2.24, 2.45) is 0 Å². The molecule has 0 aliphatic heterocycles. The van der Waals surface area contributed by atoms with Crippen molar-refractivity contribution < 1.29 is 0 Å². The second-order valence-electron chi connectivity index (χ2n) is 5.54. The molecule has 20 heavy (non-hydrogen) atoms. The van der Waals surface area contributed by atoms with Crippen LogP contribution >= 0.6 is 0 Å². The number of unbranched alkanes of at least 4 members (excludes halogenated alkanes) is 2. The molecule has 0 heterocycles. The normalized spacial score (nSPS) is 12.4. The molecule has 0 aliphatic carbocycles. The molecule has 0 saturated heterocycles. The average molecular weight is 276 g/mol. The van der Waals surface area contributed by atoms with Crippen LogP contribution in [0.25, 0.3) is 0 Å². The van der Waals surface area contributed by atoms with Crippen LogP contribution in [-0.4, -0.2) is 20.1 Å². The molecule has 1 atom stereocenters. The Morgan fingerprint density at radius 1 is 0.950 bits per heavy atom. The van der Waals surface area contributed by atoms with Crippen LogP contribution in [0.15, 0.2) is 24.3 Å². The van der Waals surface area contributed by atoms with Gasteiger partial charge in [-0.3, -0.25) is 0 Å². The standard InChI is InChI=1S/C18H32N2/c1-5-8-14-20(15-9-6-2)17-12-10-16(11-13-17)18(7-3)19-4/h10-13,18-19H,5-9,14-15H2,1-4H3. The summed E-state index contributed by atoms with van der Waals surface area (Å²) in [5.41, 5.74) is 2.77. The van der Waals surface area contributed by atoms with E-state index >= 15 is 0 Å². The van der Waals surface area contributed by atoms with Crippen LogP contribution in [0, 0.1) is 0 Å². The van der Waals surface area contributed by atoms with E-state index in [1.54, 1.807) is 0 Å². The van der Waals surface area contributed by atoms with Crippen molar-refractivity contribution in [1.29, 1.82) is 0 Å². The molecule has 1 unspecified atom stereocenters. The fourth-order valence-electron chi connectivity index (χ4n) is 2.59. The highest BCUT2D eigenvalue weighted by atomic mass is 15.1. The third-order valence-corrected chi connectivity index (χ3v) is 3.98. The van der Waals surface area contributed by atoms with Crippen molar-refractivity contribution in [3.63, 3.8) is 0 Å². The predicted molar refractivity (Wildman–Crippen MR) is 90.6 cm³/mol. The monoisotopic (exact) mass is 276 g/mol. The number of hydrogen-bond acceptors (Lipinski definition) is 2. The molecule has 1 rings (SSSR count). The van der Waals surface area contributed by atoms with Gasteiger partial charge in [-0.05, 0) is 44.0 Å². The van der Waals surface area contributed by atoms with Crippen LogP contribution in [0.2, 0.25) is 0 Å². The SMILES string of the molecule is CCCCN(CCCC)c1ccc(C(CC)NC)cc1. The number of hydrogen-bond donors (Lipinski definition) is 1. The molecule has 2 heteroatoms. The Morgan fingerprint density at radius 2 is 1.50 bits per heavy atom. The first-order chi connectivity index (χ1) is 9.76. The molecule has 0 bridgehead atoms. The number of nitrogens with zero attached hydrogens (tertiary/aromatic N) is 1.